The molecule has 0 radical (unpaired) electrons. The van der Waals surface area contributed by atoms with Crippen LogP contribution in [-0.4, -0.2) is 36.8 Å². The van der Waals surface area contributed by atoms with Gasteiger partial charge in [0.25, 0.3) is 0 Å². The van der Waals surface area contributed by atoms with E-state index in [1.165, 1.54) is 0 Å². The van der Waals surface area contributed by atoms with Crippen LogP contribution < -0.4 is 0 Å². The highest BCUT2D eigenvalue weighted by atomic mass is 28.3. The van der Waals surface area contributed by atoms with Gasteiger partial charge in [0.15, 0.2) is 0 Å². The fourth-order valence-electron chi connectivity index (χ4n) is 2.41. The third-order valence-corrected chi connectivity index (χ3v) is 5.39. The molecule has 18 heavy (non-hydrogen) atoms. The van der Waals surface area contributed by atoms with Gasteiger partial charge in [-0.3, -0.25) is 0 Å². The third kappa shape index (κ3) is 4.69. The van der Waals surface area contributed by atoms with Crippen LogP contribution in [0.5, 0.6) is 0 Å². The number of rotatable bonds is 4. The van der Waals surface area contributed by atoms with Gasteiger partial charge in [-0.1, -0.05) is 19.6 Å². The number of amides is 1. The number of nitriles is 1. The second kappa shape index (κ2) is 6.23. The van der Waals surface area contributed by atoms with Crippen molar-refractivity contribution in [3.05, 3.63) is 0 Å². The molecule has 102 valence electrons. The van der Waals surface area contributed by atoms with Gasteiger partial charge in [0.05, 0.1) is 6.07 Å². The lowest BCUT2D eigenvalue weighted by Crippen LogP contribution is -2.43. The van der Waals surface area contributed by atoms with Crippen LogP contribution in [0.3, 0.4) is 0 Å². The fraction of sp³-hybridized carbons (Fsp3) is 0.846. The standard InChI is InChI=1S/C13H24N2O2Si/c1-18(2,3)9-8-15(13(16)17)12-6-4-11(10-14)5-7-12/h11-12H,4-9H2,1-3H3,(H,16,17)/t11-,12-. The van der Waals surface area contributed by atoms with Gasteiger partial charge in [-0.05, 0) is 31.7 Å². The maximum atomic E-state index is 11.3. The van der Waals surface area contributed by atoms with Crippen LogP contribution in [0.1, 0.15) is 25.7 Å². The van der Waals surface area contributed by atoms with Gasteiger partial charge >= 0.3 is 6.09 Å². The van der Waals surface area contributed by atoms with E-state index < -0.39 is 14.2 Å². The highest BCUT2D eigenvalue weighted by Gasteiger charge is 2.29. The Morgan fingerprint density at radius 1 is 1.33 bits per heavy atom. The Kier molecular flexibility index (Phi) is 5.21. The van der Waals surface area contributed by atoms with E-state index >= 15 is 0 Å². The van der Waals surface area contributed by atoms with Crippen LogP contribution in [0.15, 0.2) is 0 Å². The highest BCUT2D eigenvalue weighted by molar-refractivity contribution is 6.76. The van der Waals surface area contributed by atoms with Gasteiger partial charge < -0.3 is 10.0 Å². The quantitative estimate of drug-likeness (QED) is 0.795. The molecule has 1 aliphatic rings. The van der Waals surface area contributed by atoms with E-state index in [-0.39, 0.29) is 12.0 Å². The molecule has 4 nitrogen and oxygen atoms in total. The Balaban J connectivity index is 2.53. The van der Waals surface area contributed by atoms with Crippen molar-refractivity contribution >= 4 is 14.2 Å². The van der Waals surface area contributed by atoms with E-state index in [0.717, 1.165) is 31.7 Å². The second-order valence-corrected chi connectivity index (χ2v) is 12.0. The first-order chi connectivity index (χ1) is 8.33. The molecule has 1 saturated carbocycles. The summed E-state index contributed by atoms with van der Waals surface area (Å²) in [4.78, 5) is 13.0. The molecular formula is C13H24N2O2Si. The van der Waals surface area contributed by atoms with Crippen LogP contribution in [0.4, 0.5) is 4.79 Å². The first kappa shape index (κ1) is 15.0. The lowest BCUT2D eigenvalue weighted by Gasteiger charge is -2.34. The topological polar surface area (TPSA) is 64.3 Å². The molecule has 1 N–H and O–H groups in total. The first-order valence-electron chi connectivity index (χ1n) is 6.72. The maximum Gasteiger partial charge on any atom is 0.407 e. The molecule has 1 rings (SSSR count). The molecule has 0 atom stereocenters. The smallest absolute Gasteiger partial charge is 0.407 e. The predicted octanol–water partition coefficient (Wildman–Crippen LogP) is 3.39. The van der Waals surface area contributed by atoms with Gasteiger partial charge in [0.2, 0.25) is 0 Å². The Hall–Kier alpha value is -1.02. The van der Waals surface area contributed by atoms with Crippen LogP contribution in [0.25, 0.3) is 0 Å². The van der Waals surface area contributed by atoms with Crippen molar-refractivity contribution in [2.45, 2.75) is 57.4 Å². The fourth-order valence-corrected chi connectivity index (χ4v) is 3.32. The molecule has 0 aromatic heterocycles. The average molecular weight is 268 g/mol. The molecule has 0 heterocycles. The molecule has 0 aromatic rings. The van der Waals surface area contributed by atoms with Crippen LogP contribution in [0, 0.1) is 17.2 Å². The van der Waals surface area contributed by atoms with Crippen molar-refractivity contribution in [3.63, 3.8) is 0 Å². The van der Waals surface area contributed by atoms with E-state index in [2.05, 4.69) is 25.7 Å². The van der Waals surface area contributed by atoms with Gasteiger partial charge in [0, 0.05) is 26.6 Å². The number of hydrogen-bond acceptors (Lipinski definition) is 2. The molecule has 0 aromatic carbocycles. The van der Waals surface area contributed by atoms with Gasteiger partial charge in [0.1, 0.15) is 0 Å². The van der Waals surface area contributed by atoms with Crippen LogP contribution in [-0.2, 0) is 0 Å². The first-order valence-corrected chi connectivity index (χ1v) is 10.4. The van der Waals surface area contributed by atoms with Crippen LogP contribution >= 0.6 is 0 Å². The van der Waals surface area contributed by atoms with Crippen molar-refractivity contribution in [2.24, 2.45) is 5.92 Å². The molecular weight excluding hydrogens is 244 g/mol. The highest BCUT2D eigenvalue weighted by Crippen LogP contribution is 2.27. The zero-order chi connectivity index (χ0) is 13.8. The van der Waals surface area contributed by atoms with Crippen molar-refractivity contribution in [1.82, 2.24) is 4.90 Å². The minimum atomic E-state index is -1.21. The summed E-state index contributed by atoms with van der Waals surface area (Å²) >= 11 is 0. The molecule has 1 aliphatic carbocycles. The SMILES string of the molecule is C[Si](C)(C)CCN(C(=O)O)[C@H]1CC[C@H](C#N)CC1. The normalized spacial score (nSPS) is 24.3. The Labute approximate surface area is 111 Å². The Morgan fingerprint density at radius 2 is 1.89 bits per heavy atom. The van der Waals surface area contributed by atoms with E-state index in [0.29, 0.717) is 6.54 Å². The van der Waals surface area contributed by atoms with E-state index in [1.54, 1.807) is 4.90 Å². The summed E-state index contributed by atoms with van der Waals surface area (Å²) in [6.07, 6.45) is 2.58. The zero-order valence-corrected chi connectivity index (χ0v) is 12.6. The summed E-state index contributed by atoms with van der Waals surface area (Å²) < 4.78 is 0. The molecule has 1 fully saturated rings. The molecule has 0 aliphatic heterocycles. The summed E-state index contributed by atoms with van der Waals surface area (Å²) in [5.41, 5.74) is 0. The van der Waals surface area contributed by atoms with Crippen molar-refractivity contribution in [3.8, 4) is 6.07 Å². The van der Waals surface area contributed by atoms with Crippen molar-refractivity contribution in [1.29, 1.82) is 5.26 Å². The summed E-state index contributed by atoms with van der Waals surface area (Å²) in [5.74, 6) is 0.133. The number of carbonyl (C=O) groups is 1. The second-order valence-electron chi connectivity index (χ2n) is 6.42. The minimum Gasteiger partial charge on any atom is -0.465 e. The summed E-state index contributed by atoms with van der Waals surface area (Å²) in [6.45, 7) is 7.45. The zero-order valence-electron chi connectivity index (χ0n) is 11.6. The summed E-state index contributed by atoms with van der Waals surface area (Å²) in [7, 11) is -1.21. The Morgan fingerprint density at radius 3 is 2.28 bits per heavy atom. The Bertz CT molecular complexity index is 325. The average Bonchev–Trinajstić information content (AvgIpc) is 2.28. The third-order valence-electron chi connectivity index (χ3n) is 3.67. The van der Waals surface area contributed by atoms with E-state index in [1.807, 2.05) is 0 Å². The van der Waals surface area contributed by atoms with Gasteiger partial charge in [-0.2, -0.15) is 5.26 Å². The van der Waals surface area contributed by atoms with Crippen molar-refractivity contribution in [2.75, 3.05) is 6.54 Å². The number of carboxylic acid groups (broad SMARTS) is 1. The predicted molar refractivity (Wildman–Crippen MR) is 74.2 cm³/mol. The molecule has 5 heteroatoms. The van der Waals surface area contributed by atoms with E-state index in [9.17, 15) is 9.90 Å². The lowest BCUT2D eigenvalue weighted by molar-refractivity contribution is 0.110. The lowest BCUT2D eigenvalue weighted by atomic mass is 9.86. The molecule has 0 spiro atoms. The van der Waals surface area contributed by atoms with E-state index in [4.69, 9.17) is 5.26 Å². The molecule has 0 saturated heterocycles. The summed E-state index contributed by atoms with van der Waals surface area (Å²) in [6, 6.07) is 3.43. The number of nitrogens with zero attached hydrogens (tertiary/aromatic N) is 2. The van der Waals surface area contributed by atoms with Gasteiger partial charge in [-0.15, -0.1) is 0 Å². The minimum absolute atomic E-state index is 0.128. The maximum absolute atomic E-state index is 11.3. The number of hydrogen-bond donors (Lipinski definition) is 1. The molecule has 0 bridgehead atoms. The summed E-state index contributed by atoms with van der Waals surface area (Å²) in [5, 5.41) is 18.2. The molecule has 0 unspecified atom stereocenters. The van der Waals surface area contributed by atoms with Crippen LogP contribution in [0.2, 0.25) is 25.7 Å². The van der Waals surface area contributed by atoms with Crippen molar-refractivity contribution < 1.29 is 9.90 Å². The largest absolute Gasteiger partial charge is 0.465 e. The molecule has 1 amide bonds. The monoisotopic (exact) mass is 268 g/mol. The van der Waals surface area contributed by atoms with Gasteiger partial charge in [-0.25, -0.2) is 4.79 Å².